The highest BCUT2D eigenvalue weighted by Crippen LogP contribution is 2.40. The molecule has 1 saturated carbocycles. The molecule has 0 saturated heterocycles. The van der Waals surface area contributed by atoms with E-state index in [0.717, 1.165) is 32.2 Å². The van der Waals surface area contributed by atoms with Gasteiger partial charge in [0, 0.05) is 12.6 Å². The monoisotopic (exact) mass is 284 g/mol. The van der Waals surface area contributed by atoms with Crippen molar-refractivity contribution in [2.75, 3.05) is 20.1 Å². The molecule has 20 heavy (non-hydrogen) atoms. The number of carbonyl (C=O) groups is 1. The molecule has 0 aromatic carbocycles. The number of carboxylic acid groups (broad SMARTS) is 1. The van der Waals surface area contributed by atoms with E-state index < -0.39 is 11.5 Å². The highest BCUT2D eigenvalue weighted by molar-refractivity contribution is 5.80. The van der Waals surface area contributed by atoms with Crippen LogP contribution in [0.1, 0.15) is 53.4 Å². The summed E-state index contributed by atoms with van der Waals surface area (Å²) in [6, 6.07) is 0.413. The van der Waals surface area contributed by atoms with Gasteiger partial charge in [-0.3, -0.25) is 4.79 Å². The highest BCUT2D eigenvalue weighted by Gasteiger charge is 2.51. The van der Waals surface area contributed by atoms with Gasteiger partial charge in [-0.25, -0.2) is 0 Å². The first-order chi connectivity index (χ1) is 9.33. The molecular weight excluding hydrogens is 252 g/mol. The maximum atomic E-state index is 11.9. The zero-order chi connectivity index (χ0) is 15.3. The number of aliphatic carboxylic acids is 1. The lowest BCUT2D eigenvalue weighted by molar-refractivity contribution is -0.147. The molecule has 0 aliphatic heterocycles. The van der Waals surface area contributed by atoms with Crippen molar-refractivity contribution in [2.45, 2.75) is 65.0 Å². The van der Waals surface area contributed by atoms with Gasteiger partial charge in [0.05, 0.1) is 0 Å². The predicted octanol–water partition coefficient (Wildman–Crippen LogP) is 2.59. The maximum Gasteiger partial charge on any atom is 0.325 e. The van der Waals surface area contributed by atoms with Gasteiger partial charge >= 0.3 is 5.97 Å². The molecule has 2 atom stereocenters. The van der Waals surface area contributed by atoms with Crippen LogP contribution < -0.4 is 5.32 Å². The van der Waals surface area contributed by atoms with Crippen LogP contribution >= 0.6 is 0 Å². The Hall–Kier alpha value is -0.610. The number of hydrogen-bond donors (Lipinski definition) is 2. The van der Waals surface area contributed by atoms with Crippen molar-refractivity contribution >= 4 is 5.97 Å². The summed E-state index contributed by atoms with van der Waals surface area (Å²) in [6.07, 6.45) is 4.14. The van der Waals surface area contributed by atoms with Crippen LogP contribution in [0.5, 0.6) is 0 Å². The van der Waals surface area contributed by atoms with Gasteiger partial charge in [0.25, 0.3) is 0 Å². The third kappa shape index (κ3) is 4.45. The number of hydrogen-bond acceptors (Lipinski definition) is 3. The Morgan fingerprint density at radius 2 is 2.00 bits per heavy atom. The van der Waals surface area contributed by atoms with E-state index >= 15 is 0 Å². The smallest absolute Gasteiger partial charge is 0.325 e. The van der Waals surface area contributed by atoms with Gasteiger partial charge in [0.2, 0.25) is 0 Å². The fraction of sp³-hybridized carbons (Fsp3) is 0.938. The lowest BCUT2D eigenvalue weighted by Crippen LogP contribution is -2.61. The Morgan fingerprint density at radius 3 is 2.40 bits per heavy atom. The standard InChI is InChI=1S/C16H32N2O2/c1-6-9-17-16(15(19)20,14-7-8-14)11-18(5)13(4)10-12(2)3/h12-14,17H,6-11H2,1-5H3,(H,19,20). The molecular formula is C16H32N2O2. The van der Waals surface area contributed by atoms with E-state index in [9.17, 15) is 9.90 Å². The van der Waals surface area contributed by atoms with Crippen molar-refractivity contribution in [1.82, 2.24) is 10.2 Å². The summed E-state index contributed by atoms with van der Waals surface area (Å²) < 4.78 is 0. The van der Waals surface area contributed by atoms with Crippen molar-refractivity contribution in [1.29, 1.82) is 0 Å². The molecule has 2 unspecified atom stereocenters. The van der Waals surface area contributed by atoms with E-state index in [2.05, 4.69) is 45.0 Å². The molecule has 1 aliphatic rings. The Kier molecular flexibility index (Phi) is 6.46. The van der Waals surface area contributed by atoms with Gasteiger partial charge in [-0.1, -0.05) is 20.8 Å². The fourth-order valence-corrected chi connectivity index (χ4v) is 2.98. The molecule has 0 aromatic rings. The van der Waals surface area contributed by atoms with E-state index in [0.29, 0.717) is 24.4 Å². The lowest BCUT2D eigenvalue weighted by Gasteiger charge is -2.37. The van der Waals surface area contributed by atoms with E-state index in [-0.39, 0.29) is 0 Å². The minimum atomic E-state index is -0.754. The number of rotatable bonds is 10. The zero-order valence-corrected chi connectivity index (χ0v) is 13.8. The average Bonchev–Trinajstić information content (AvgIpc) is 3.17. The summed E-state index contributed by atoms with van der Waals surface area (Å²) in [4.78, 5) is 14.1. The molecule has 1 fully saturated rings. The van der Waals surface area contributed by atoms with Gasteiger partial charge in [0.1, 0.15) is 5.54 Å². The zero-order valence-electron chi connectivity index (χ0n) is 13.8. The van der Waals surface area contributed by atoms with Crippen LogP contribution in [0, 0.1) is 11.8 Å². The third-order valence-corrected chi connectivity index (χ3v) is 4.41. The summed E-state index contributed by atoms with van der Waals surface area (Å²) in [7, 11) is 2.06. The first-order valence-corrected chi connectivity index (χ1v) is 8.02. The molecule has 4 nitrogen and oxygen atoms in total. The molecule has 1 aliphatic carbocycles. The van der Waals surface area contributed by atoms with Crippen LogP contribution in [0.2, 0.25) is 0 Å². The van der Waals surface area contributed by atoms with Crippen molar-refractivity contribution in [3.63, 3.8) is 0 Å². The number of likely N-dealkylation sites (N-methyl/N-ethyl adjacent to an activating group) is 1. The summed E-state index contributed by atoms with van der Waals surface area (Å²) in [6.45, 7) is 10.1. The van der Waals surface area contributed by atoms with Gasteiger partial charge < -0.3 is 15.3 Å². The Balaban J connectivity index is 2.75. The van der Waals surface area contributed by atoms with Crippen LogP contribution in [0.4, 0.5) is 0 Å². The van der Waals surface area contributed by atoms with Gasteiger partial charge in [-0.15, -0.1) is 0 Å². The molecule has 0 amide bonds. The van der Waals surface area contributed by atoms with Crippen LogP contribution in [-0.2, 0) is 4.79 Å². The molecule has 1 rings (SSSR count). The third-order valence-electron chi connectivity index (χ3n) is 4.41. The average molecular weight is 284 g/mol. The second-order valence-electron chi connectivity index (χ2n) is 6.87. The van der Waals surface area contributed by atoms with E-state index in [4.69, 9.17) is 0 Å². The maximum absolute atomic E-state index is 11.9. The van der Waals surface area contributed by atoms with Gasteiger partial charge in [-0.05, 0) is 58.0 Å². The van der Waals surface area contributed by atoms with Crippen molar-refractivity contribution in [2.24, 2.45) is 11.8 Å². The van der Waals surface area contributed by atoms with E-state index in [1.54, 1.807) is 0 Å². The number of nitrogens with one attached hydrogen (secondary N) is 1. The number of nitrogens with zero attached hydrogens (tertiary/aromatic N) is 1. The molecule has 118 valence electrons. The largest absolute Gasteiger partial charge is 0.480 e. The molecule has 0 bridgehead atoms. The van der Waals surface area contributed by atoms with Crippen molar-refractivity contribution in [3.8, 4) is 0 Å². The van der Waals surface area contributed by atoms with Crippen molar-refractivity contribution < 1.29 is 9.90 Å². The van der Waals surface area contributed by atoms with Gasteiger partial charge in [0.15, 0.2) is 0 Å². The highest BCUT2D eigenvalue weighted by atomic mass is 16.4. The Labute approximate surface area is 123 Å². The van der Waals surface area contributed by atoms with Crippen molar-refractivity contribution in [3.05, 3.63) is 0 Å². The molecule has 0 spiro atoms. The molecule has 0 aromatic heterocycles. The topological polar surface area (TPSA) is 52.6 Å². The van der Waals surface area contributed by atoms with Crippen LogP contribution in [0.15, 0.2) is 0 Å². The second-order valence-corrected chi connectivity index (χ2v) is 6.87. The fourth-order valence-electron chi connectivity index (χ4n) is 2.98. The summed E-state index contributed by atoms with van der Waals surface area (Å²) >= 11 is 0. The summed E-state index contributed by atoms with van der Waals surface area (Å²) in [5.41, 5.74) is -0.754. The summed E-state index contributed by atoms with van der Waals surface area (Å²) in [5, 5.41) is 13.1. The van der Waals surface area contributed by atoms with E-state index in [1.807, 2.05) is 0 Å². The second kappa shape index (κ2) is 7.41. The lowest BCUT2D eigenvalue weighted by atomic mass is 9.91. The quantitative estimate of drug-likeness (QED) is 0.647. The molecule has 2 N–H and O–H groups in total. The number of carboxylic acids is 1. The minimum Gasteiger partial charge on any atom is -0.480 e. The minimum absolute atomic E-state index is 0.292. The predicted molar refractivity (Wildman–Crippen MR) is 82.9 cm³/mol. The van der Waals surface area contributed by atoms with Gasteiger partial charge in [-0.2, -0.15) is 0 Å². The Morgan fingerprint density at radius 1 is 1.40 bits per heavy atom. The first-order valence-electron chi connectivity index (χ1n) is 8.02. The molecule has 0 heterocycles. The summed E-state index contributed by atoms with van der Waals surface area (Å²) in [5.74, 6) is 0.244. The Bertz CT molecular complexity index is 316. The normalized spacial score (nSPS) is 20.1. The van der Waals surface area contributed by atoms with Crippen LogP contribution in [0.3, 0.4) is 0 Å². The van der Waals surface area contributed by atoms with Crippen LogP contribution in [-0.4, -0.2) is 47.7 Å². The molecule has 4 heteroatoms. The first kappa shape index (κ1) is 17.4. The SMILES string of the molecule is CCCNC(CN(C)C(C)CC(C)C)(C(=O)O)C1CC1. The van der Waals surface area contributed by atoms with Crippen LogP contribution in [0.25, 0.3) is 0 Å². The van der Waals surface area contributed by atoms with E-state index in [1.165, 1.54) is 0 Å². The molecule has 0 radical (unpaired) electrons.